The minimum absolute atomic E-state index is 0.122. The van der Waals surface area contributed by atoms with Gasteiger partial charge in [-0.05, 0) is 6.92 Å². The summed E-state index contributed by atoms with van der Waals surface area (Å²) in [5.41, 5.74) is 1.12. The molecule has 9 heteroatoms. The molecule has 0 aliphatic rings. The molecule has 0 aliphatic carbocycles. The van der Waals surface area contributed by atoms with Crippen molar-refractivity contribution in [3.8, 4) is 22.8 Å². The largest absolute Gasteiger partial charge is 0.493 e. The highest BCUT2D eigenvalue weighted by molar-refractivity contribution is 7.14. The number of ether oxygens (including phenoxy) is 2. The van der Waals surface area contributed by atoms with Gasteiger partial charge in [-0.1, -0.05) is 36.4 Å². The molecule has 0 spiro atoms. The molecule has 0 bridgehead atoms. The number of hydrogen-bond acceptors (Lipinski definition) is 7. The van der Waals surface area contributed by atoms with Crippen LogP contribution in [0.5, 0.6) is 11.5 Å². The first kappa shape index (κ1) is 22.0. The van der Waals surface area contributed by atoms with E-state index in [9.17, 15) is 14.9 Å². The van der Waals surface area contributed by atoms with E-state index in [0.717, 1.165) is 5.56 Å². The van der Waals surface area contributed by atoms with E-state index in [2.05, 4.69) is 11.6 Å². The average Bonchev–Trinajstić information content (AvgIpc) is 3.27. The third kappa shape index (κ3) is 4.72. The molecular formula is C22H21N3O5S. The molecule has 1 amide bonds. The molecular weight excluding hydrogens is 418 g/mol. The van der Waals surface area contributed by atoms with Gasteiger partial charge in [0.25, 0.3) is 11.6 Å². The van der Waals surface area contributed by atoms with Gasteiger partial charge in [0.1, 0.15) is 5.56 Å². The first-order valence-electron chi connectivity index (χ1n) is 9.43. The number of nitro benzene ring substituents is 1. The molecule has 0 radical (unpaired) electrons. The summed E-state index contributed by atoms with van der Waals surface area (Å²) in [7, 11) is 1.41. The normalized spacial score (nSPS) is 10.4. The number of hydrogen-bond donors (Lipinski definition) is 0. The van der Waals surface area contributed by atoms with Crippen molar-refractivity contribution in [2.24, 2.45) is 0 Å². The highest BCUT2D eigenvalue weighted by Gasteiger charge is 2.29. The SMILES string of the molecule is C=CCN(C(=O)c1cc(OC)c(OCC)cc1[N+](=O)[O-])c1nc(-c2ccccc2)cs1. The molecule has 2 aromatic carbocycles. The van der Waals surface area contributed by atoms with Crippen LogP contribution in [0.15, 0.2) is 60.5 Å². The van der Waals surface area contributed by atoms with Gasteiger partial charge in [-0.25, -0.2) is 4.98 Å². The van der Waals surface area contributed by atoms with Crippen molar-refractivity contribution < 1.29 is 19.2 Å². The maximum atomic E-state index is 13.4. The van der Waals surface area contributed by atoms with E-state index < -0.39 is 10.8 Å². The number of nitrogens with zero attached hydrogens (tertiary/aromatic N) is 3. The molecule has 3 rings (SSSR count). The van der Waals surface area contributed by atoms with Crippen molar-refractivity contribution in [3.05, 3.63) is 76.2 Å². The van der Waals surface area contributed by atoms with Crippen LogP contribution in [0, 0.1) is 10.1 Å². The zero-order valence-corrected chi connectivity index (χ0v) is 17.9. The van der Waals surface area contributed by atoms with Gasteiger partial charge in [-0.3, -0.25) is 19.8 Å². The van der Waals surface area contributed by atoms with Gasteiger partial charge in [0, 0.05) is 23.6 Å². The van der Waals surface area contributed by atoms with Crippen LogP contribution in [-0.4, -0.2) is 36.1 Å². The summed E-state index contributed by atoms with van der Waals surface area (Å²) in [4.78, 5) is 30.4. The number of carbonyl (C=O) groups excluding carboxylic acids is 1. The van der Waals surface area contributed by atoms with Gasteiger partial charge in [0.15, 0.2) is 16.6 Å². The number of rotatable bonds is 9. The topological polar surface area (TPSA) is 94.8 Å². The summed E-state index contributed by atoms with van der Waals surface area (Å²) < 4.78 is 10.7. The van der Waals surface area contributed by atoms with Crippen molar-refractivity contribution in [3.63, 3.8) is 0 Å². The lowest BCUT2D eigenvalue weighted by molar-refractivity contribution is -0.385. The molecule has 3 aromatic rings. The molecule has 1 aromatic heterocycles. The molecule has 0 fully saturated rings. The van der Waals surface area contributed by atoms with Crippen molar-refractivity contribution in [1.82, 2.24) is 4.98 Å². The summed E-state index contributed by atoms with van der Waals surface area (Å²) >= 11 is 1.27. The van der Waals surface area contributed by atoms with Crippen LogP contribution in [0.4, 0.5) is 10.8 Å². The van der Waals surface area contributed by atoms with Crippen LogP contribution in [0.3, 0.4) is 0 Å². The van der Waals surface area contributed by atoms with E-state index in [1.54, 1.807) is 13.0 Å². The highest BCUT2D eigenvalue weighted by atomic mass is 32.1. The smallest absolute Gasteiger partial charge is 0.286 e. The first-order chi connectivity index (χ1) is 15.0. The van der Waals surface area contributed by atoms with E-state index in [-0.39, 0.29) is 29.3 Å². The summed E-state index contributed by atoms with van der Waals surface area (Å²) in [6.07, 6.45) is 1.54. The van der Waals surface area contributed by atoms with Crippen LogP contribution in [0.2, 0.25) is 0 Å². The second-order valence-corrected chi connectivity index (χ2v) is 7.13. The Balaban J connectivity index is 2.05. The Hall–Kier alpha value is -3.72. The van der Waals surface area contributed by atoms with Crippen molar-refractivity contribution >= 4 is 28.1 Å². The highest BCUT2D eigenvalue weighted by Crippen LogP contribution is 2.36. The Kier molecular flexibility index (Phi) is 6.99. The summed E-state index contributed by atoms with van der Waals surface area (Å²) in [5.74, 6) is -0.149. The average molecular weight is 439 g/mol. The summed E-state index contributed by atoms with van der Waals surface area (Å²) in [6.45, 7) is 5.88. The summed E-state index contributed by atoms with van der Waals surface area (Å²) in [6, 6.07) is 12.1. The Morgan fingerprint density at radius 2 is 2.03 bits per heavy atom. The predicted octanol–water partition coefficient (Wildman–Crippen LogP) is 4.96. The van der Waals surface area contributed by atoms with Gasteiger partial charge < -0.3 is 9.47 Å². The number of nitro groups is 1. The fourth-order valence-corrected chi connectivity index (χ4v) is 3.79. The Labute approximate surface area is 183 Å². The number of anilines is 1. The minimum Gasteiger partial charge on any atom is -0.493 e. The quantitative estimate of drug-likeness (QED) is 0.266. The number of benzene rings is 2. The monoisotopic (exact) mass is 439 g/mol. The van der Waals surface area contributed by atoms with Crippen LogP contribution < -0.4 is 14.4 Å². The van der Waals surface area contributed by atoms with Crippen molar-refractivity contribution in [2.45, 2.75) is 6.92 Å². The van der Waals surface area contributed by atoms with Gasteiger partial charge in [0.2, 0.25) is 0 Å². The van der Waals surface area contributed by atoms with Crippen molar-refractivity contribution in [1.29, 1.82) is 0 Å². The predicted molar refractivity (Wildman–Crippen MR) is 120 cm³/mol. The fraction of sp³-hybridized carbons (Fsp3) is 0.182. The standard InChI is InChI=1S/C22H21N3O5S/c1-4-11-24(22-23-17(14-31-22)15-9-7-6-8-10-15)21(26)16-12-19(29-3)20(30-5-2)13-18(16)25(27)28/h4,6-10,12-14H,1,5,11H2,2-3H3. The maximum Gasteiger partial charge on any atom is 0.286 e. The van der Waals surface area contributed by atoms with E-state index >= 15 is 0 Å². The lowest BCUT2D eigenvalue weighted by Crippen LogP contribution is -2.31. The molecule has 160 valence electrons. The van der Waals surface area contributed by atoms with E-state index in [0.29, 0.717) is 17.4 Å². The van der Waals surface area contributed by atoms with Gasteiger partial charge in [-0.15, -0.1) is 17.9 Å². The molecule has 0 saturated carbocycles. The van der Waals surface area contributed by atoms with Crippen LogP contribution >= 0.6 is 11.3 Å². The third-order valence-electron chi connectivity index (χ3n) is 4.36. The molecule has 31 heavy (non-hydrogen) atoms. The number of methoxy groups -OCH3 is 1. The Morgan fingerprint density at radius 1 is 1.29 bits per heavy atom. The van der Waals surface area contributed by atoms with E-state index in [1.165, 1.54) is 35.5 Å². The molecule has 1 heterocycles. The van der Waals surface area contributed by atoms with Crippen LogP contribution in [0.25, 0.3) is 11.3 Å². The minimum atomic E-state index is -0.613. The zero-order valence-electron chi connectivity index (χ0n) is 17.1. The zero-order chi connectivity index (χ0) is 22.4. The molecule has 0 unspecified atom stereocenters. The Bertz CT molecular complexity index is 1100. The number of amides is 1. The lowest BCUT2D eigenvalue weighted by Gasteiger charge is -2.19. The molecule has 0 atom stereocenters. The maximum absolute atomic E-state index is 13.4. The molecule has 0 saturated heterocycles. The summed E-state index contributed by atoms with van der Waals surface area (Å²) in [5, 5.41) is 13.9. The number of thiazole rings is 1. The lowest BCUT2D eigenvalue weighted by atomic mass is 10.1. The van der Waals surface area contributed by atoms with Gasteiger partial charge in [0.05, 0.1) is 30.4 Å². The van der Waals surface area contributed by atoms with Gasteiger partial charge >= 0.3 is 0 Å². The number of aromatic nitrogens is 1. The fourth-order valence-electron chi connectivity index (χ4n) is 2.95. The first-order valence-corrected chi connectivity index (χ1v) is 10.3. The van der Waals surface area contributed by atoms with Crippen molar-refractivity contribution in [2.75, 3.05) is 25.2 Å². The molecule has 0 aliphatic heterocycles. The second-order valence-electron chi connectivity index (χ2n) is 6.30. The van der Waals surface area contributed by atoms with Crippen LogP contribution in [0.1, 0.15) is 17.3 Å². The third-order valence-corrected chi connectivity index (χ3v) is 5.22. The van der Waals surface area contributed by atoms with E-state index in [1.807, 2.05) is 35.7 Å². The van der Waals surface area contributed by atoms with Gasteiger partial charge in [-0.2, -0.15) is 0 Å². The molecule has 8 nitrogen and oxygen atoms in total. The number of carbonyl (C=O) groups is 1. The second kappa shape index (κ2) is 9.86. The molecule has 0 N–H and O–H groups in total. The van der Waals surface area contributed by atoms with E-state index in [4.69, 9.17) is 9.47 Å². The Morgan fingerprint density at radius 3 is 2.65 bits per heavy atom. The van der Waals surface area contributed by atoms with Crippen LogP contribution in [-0.2, 0) is 0 Å².